The molecule has 0 aromatic heterocycles. The summed E-state index contributed by atoms with van der Waals surface area (Å²) in [6, 6.07) is 5.11. The van der Waals surface area contributed by atoms with Gasteiger partial charge >= 0.3 is 0 Å². The molecule has 0 aliphatic carbocycles. The van der Waals surface area contributed by atoms with E-state index in [0.717, 1.165) is 18.5 Å². The van der Waals surface area contributed by atoms with Crippen molar-refractivity contribution < 1.29 is 9.13 Å². The van der Waals surface area contributed by atoms with Gasteiger partial charge in [-0.2, -0.15) is 0 Å². The van der Waals surface area contributed by atoms with Crippen LogP contribution in [0.25, 0.3) is 0 Å². The molecule has 1 aliphatic heterocycles. The third kappa shape index (κ3) is 4.48. The molecule has 1 aromatic rings. The molecule has 19 heavy (non-hydrogen) atoms. The van der Waals surface area contributed by atoms with Crippen LogP contribution in [0.1, 0.15) is 24.8 Å². The highest BCUT2D eigenvalue weighted by atomic mass is 19.1. The molecule has 0 bridgehead atoms. The Morgan fingerprint density at radius 2 is 2.11 bits per heavy atom. The van der Waals surface area contributed by atoms with Crippen molar-refractivity contribution in [3.63, 3.8) is 0 Å². The lowest BCUT2D eigenvalue weighted by atomic mass is 10.2. The van der Waals surface area contributed by atoms with Crippen molar-refractivity contribution in [1.82, 2.24) is 10.2 Å². The predicted molar refractivity (Wildman–Crippen MR) is 74.9 cm³/mol. The summed E-state index contributed by atoms with van der Waals surface area (Å²) in [6.07, 6.45) is 3.84. The highest BCUT2D eigenvalue weighted by molar-refractivity contribution is 5.29. The highest BCUT2D eigenvalue weighted by Gasteiger charge is 2.10. The summed E-state index contributed by atoms with van der Waals surface area (Å²) in [6.45, 7) is 5.36. The van der Waals surface area contributed by atoms with Crippen LogP contribution in [-0.2, 0) is 6.54 Å². The number of methoxy groups -OCH3 is 1. The van der Waals surface area contributed by atoms with Crippen LogP contribution in [-0.4, -0.2) is 38.2 Å². The minimum atomic E-state index is -0.293. The van der Waals surface area contributed by atoms with Gasteiger partial charge in [0.25, 0.3) is 0 Å². The lowest BCUT2D eigenvalue weighted by Gasteiger charge is -2.14. The quantitative estimate of drug-likeness (QED) is 0.767. The zero-order valence-corrected chi connectivity index (χ0v) is 11.6. The van der Waals surface area contributed by atoms with E-state index in [9.17, 15) is 4.39 Å². The molecule has 1 saturated heterocycles. The molecular formula is C15H23FN2O. The van der Waals surface area contributed by atoms with Crippen molar-refractivity contribution in [3.8, 4) is 5.75 Å². The molecule has 1 N–H and O–H groups in total. The number of hydrogen-bond acceptors (Lipinski definition) is 3. The molecule has 4 heteroatoms. The standard InChI is InChI=1S/C15H23FN2O/c1-19-15-6-5-13(11-14(15)16)12-17-7-4-10-18-8-2-3-9-18/h5-6,11,17H,2-4,7-10,12H2,1H3. The number of halogens is 1. The van der Waals surface area contributed by atoms with Crippen LogP contribution in [0.5, 0.6) is 5.75 Å². The Hall–Kier alpha value is -1.13. The first kappa shape index (κ1) is 14.3. The number of likely N-dealkylation sites (tertiary alicyclic amines) is 1. The monoisotopic (exact) mass is 266 g/mol. The van der Waals surface area contributed by atoms with Crippen LogP contribution < -0.4 is 10.1 Å². The summed E-state index contributed by atoms with van der Waals surface area (Å²) in [7, 11) is 1.48. The van der Waals surface area contributed by atoms with Crippen molar-refractivity contribution in [3.05, 3.63) is 29.6 Å². The van der Waals surface area contributed by atoms with E-state index in [0.29, 0.717) is 12.3 Å². The number of benzene rings is 1. The first-order chi connectivity index (χ1) is 9.29. The maximum absolute atomic E-state index is 13.5. The molecule has 1 aromatic carbocycles. The summed E-state index contributed by atoms with van der Waals surface area (Å²) >= 11 is 0. The third-order valence-corrected chi connectivity index (χ3v) is 3.57. The van der Waals surface area contributed by atoms with Gasteiger partial charge in [0.05, 0.1) is 7.11 Å². The fourth-order valence-corrected chi connectivity index (χ4v) is 2.49. The molecule has 0 atom stereocenters. The van der Waals surface area contributed by atoms with Crippen molar-refractivity contribution in [2.24, 2.45) is 0 Å². The fraction of sp³-hybridized carbons (Fsp3) is 0.600. The van der Waals surface area contributed by atoms with E-state index in [1.54, 1.807) is 6.07 Å². The van der Waals surface area contributed by atoms with Gasteiger partial charge in [-0.05, 0) is 63.1 Å². The van der Waals surface area contributed by atoms with E-state index in [2.05, 4.69) is 10.2 Å². The molecule has 0 spiro atoms. The molecular weight excluding hydrogens is 243 g/mol. The van der Waals surface area contributed by atoms with E-state index >= 15 is 0 Å². The molecule has 0 saturated carbocycles. The molecule has 1 heterocycles. The van der Waals surface area contributed by atoms with Gasteiger partial charge in [-0.25, -0.2) is 4.39 Å². The van der Waals surface area contributed by atoms with Crippen molar-refractivity contribution in [2.45, 2.75) is 25.8 Å². The number of ether oxygens (including phenoxy) is 1. The molecule has 0 unspecified atom stereocenters. The third-order valence-electron chi connectivity index (χ3n) is 3.57. The second kappa shape index (κ2) is 7.46. The van der Waals surface area contributed by atoms with Gasteiger partial charge in [-0.1, -0.05) is 6.07 Å². The average molecular weight is 266 g/mol. The Bertz CT molecular complexity index is 392. The Balaban J connectivity index is 1.63. The second-order valence-corrected chi connectivity index (χ2v) is 5.05. The SMILES string of the molecule is COc1ccc(CNCCCN2CCCC2)cc1F. The van der Waals surface area contributed by atoms with Gasteiger partial charge in [0, 0.05) is 6.54 Å². The van der Waals surface area contributed by atoms with Crippen LogP contribution >= 0.6 is 0 Å². The molecule has 106 valence electrons. The molecule has 2 rings (SSSR count). The van der Waals surface area contributed by atoms with Crippen molar-refractivity contribution in [1.29, 1.82) is 0 Å². The minimum absolute atomic E-state index is 0.293. The number of nitrogens with zero attached hydrogens (tertiary/aromatic N) is 1. The van der Waals surface area contributed by atoms with E-state index < -0.39 is 0 Å². The molecule has 1 aliphatic rings. The van der Waals surface area contributed by atoms with Gasteiger partial charge < -0.3 is 15.0 Å². The zero-order chi connectivity index (χ0) is 13.5. The highest BCUT2D eigenvalue weighted by Crippen LogP contribution is 2.17. The van der Waals surface area contributed by atoms with E-state index in [1.807, 2.05) is 6.07 Å². The Morgan fingerprint density at radius 3 is 2.79 bits per heavy atom. The predicted octanol–water partition coefficient (Wildman–Crippen LogP) is 2.41. The smallest absolute Gasteiger partial charge is 0.165 e. The van der Waals surface area contributed by atoms with Crippen LogP contribution in [0, 0.1) is 5.82 Å². The van der Waals surface area contributed by atoms with Gasteiger partial charge in [-0.3, -0.25) is 0 Å². The van der Waals surface area contributed by atoms with Crippen LogP contribution in [0.3, 0.4) is 0 Å². The fourth-order valence-electron chi connectivity index (χ4n) is 2.49. The lowest BCUT2D eigenvalue weighted by Crippen LogP contribution is -2.24. The van der Waals surface area contributed by atoms with E-state index in [1.165, 1.54) is 45.7 Å². The van der Waals surface area contributed by atoms with Crippen LogP contribution in [0.2, 0.25) is 0 Å². The summed E-state index contributed by atoms with van der Waals surface area (Å²) in [5.74, 6) is 0.0108. The second-order valence-electron chi connectivity index (χ2n) is 5.05. The first-order valence-corrected chi connectivity index (χ1v) is 7.05. The molecule has 1 fully saturated rings. The summed E-state index contributed by atoms with van der Waals surface area (Å²) in [4.78, 5) is 2.51. The molecule has 0 amide bonds. The maximum atomic E-state index is 13.5. The molecule has 0 radical (unpaired) electrons. The largest absolute Gasteiger partial charge is 0.494 e. The van der Waals surface area contributed by atoms with E-state index in [-0.39, 0.29) is 5.82 Å². The van der Waals surface area contributed by atoms with Gasteiger partial charge in [0.15, 0.2) is 11.6 Å². The Morgan fingerprint density at radius 1 is 1.32 bits per heavy atom. The Kier molecular flexibility index (Phi) is 5.61. The van der Waals surface area contributed by atoms with Crippen molar-refractivity contribution in [2.75, 3.05) is 33.3 Å². The number of hydrogen-bond donors (Lipinski definition) is 1. The normalized spacial score (nSPS) is 15.9. The molecule has 3 nitrogen and oxygen atoms in total. The zero-order valence-electron chi connectivity index (χ0n) is 11.6. The minimum Gasteiger partial charge on any atom is -0.494 e. The maximum Gasteiger partial charge on any atom is 0.165 e. The van der Waals surface area contributed by atoms with Gasteiger partial charge in [0.2, 0.25) is 0 Å². The average Bonchev–Trinajstić information content (AvgIpc) is 2.92. The first-order valence-electron chi connectivity index (χ1n) is 7.05. The Labute approximate surface area is 114 Å². The van der Waals surface area contributed by atoms with E-state index in [4.69, 9.17) is 4.74 Å². The summed E-state index contributed by atoms with van der Waals surface area (Å²) in [5.41, 5.74) is 0.958. The summed E-state index contributed by atoms with van der Waals surface area (Å²) in [5, 5.41) is 3.36. The van der Waals surface area contributed by atoms with Crippen molar-refractivity contribution >= 4 is 0 Å². The van der Waals surface area contributed by atoms with Crippen LogP contribution in [0.4, 0.5) is 4.39 Å². The van der Waals surface area contributed by atoms with Gasteiger partial charge in [-0.15, -0.1) is 0 Å². The number of nitrogens with one attached hydrogen (secondary N) is 1. The van der Waals surface area contributed by atoms with Gasteiger partial charge in [0.1, 0.15) is 0 Å². The topological polar surface area (TPSA) is 24.5 Å². The van der Waals surface area contributed by atoms with Crippen LogP contribution in [0.15, 0.2) is 18.2 Å². The summed E-state index contributed by atoms with van der Waals surface area (Å²) < 4.78 is 18.4. The lowest BCUT2D eigenvalue weighted by molar-refractivity contribution is 0.331. The number of rotatable bonds is 7.